The smallest absolute Gasteiger partial charge is 0.101 e. The average Bonchev–Trinajstić information content (AvgIpc) is 3.33. The molecule has 1 aliphatic heterocycles. The van der Waals surface area contributed by atoms with Crippen LogP contribution in [0.3, 0.4) is 0 Å². The van der Waals surface area contributed by atoms with Crippen LogP contribution in [0, 0.1) is 0 Å². The van der Waals surface area contributed by atoms with Crippen LogP contribution < -0.4 is 0 Å². The van der Waals surface area contributed by atoms with Gasteiger partial charge in [0.05, 0.1) is 0 Å². The van der Waals surface area contributed by atoms with E-state index in [1.165, 1.54) is 199 Å². The van der Waals surface area contributed by atoms with E-state index in [0.29, 0.717) is 6.17 Å². The minimum absolute atomic E-state index is 0.641. The molecule has 0 spiro atoms. The Morgan fingerprint density at radius 1 is 0.333 bits per heavy atom. The van der Waals surface area contributed by atoms with Crippen molar-refractivity contribution < 1.29 is 0 Å². The number of unbranched alkanes of at least 4 members (excludes halogenated alkanes) is 25. The lowest BCUT2D eigenvalue weighted by molar-refractivity contribution is 0.135. The van der Waals surface area contributed by atoms with Gasteiger partial charge < -0.3 is 9.80 Å². The predicted octanol–water partition coefficient (Wildman–Crippen LogP) is 12.8. The lowest BCUT2D eigenvalue weighted by Gasteiger charge is -2.33. The molecule has 0 saturated heterocycles. The molecule has 39 heavy (non-hydrogen) atoms. The molecule has 0 aromatic carbocycles. The molecule has 2 heteroatoms. The molecule has 1 aliphatic rings. The van der Waals surface area contributed by atoms with E-state index in [4.69, 9.17) is 0 Å². The van der Waals surface area contributed by atoms with E-state index in [1.54, 1.807) is 0 Å². The van der Waals surface area contributed by atoms with Crippen LogP contribution in [0.15, 0.2) is 12.4 Å². The average molecular weight is 547 g/mol. The van der Waals surface area contributed by atoms with Gasteiger partial charge in [0.2, 0.25) is 0 Å². The third-order valence-corrected chi connectivity index (χ3v) is 9.07. The Balaban J connectivity index is 2.18. The summed E-state index contributed by atoms with van der Waals surface area (Å²) in [5.74, 6) is 0. The fraction of sp³-hybridized carbons (Fsp3) is 0.946. The van der Waals surface area contributed by atoms with E-state index >= 15 is 0 Å². The summed E-state index contributed by atoms with van der Waals surface area (Å²) in [4.78, 5) is 5.40. The monoisotopic (exact) mass is 547 g/mol. The van der Waals surface area contributed by atoms with E-state index < -0.39 is 0 Å². The molecule has 0 radical (unpaired) electrons. The summed E-state index contributed by atoms with van der Waals surface area (Å²) in [5, 5.41) is 0. The summed E-state index contributed by atoms with van der Waals surface area (Å²) in [7, 11) is 0. The number of nitrogens with zero attached hydrogens (tertiary/aromatic N) is 2. The van der Waals surface area contributed by atoms with Crippen LogP contribution in [0.5, 0.6) is 0 Å². The van der Waals surface area contributed by atoms with E-state index in [2.05, 4.69) is 43.0 Å². The Kier molecular flexibility index (Phi) is 26.9. The summed E-state index contributed by atoms with van der Waals surface area (Å²) >= 11 is 0. The van der Waals surface area contributed by atoms with Crippen molar-refractivity contribution in [3.05, 3.63) is 12.4 Å². The van der Waals surface area contributed by atoms with E-state index in [0.717, 1.165) is 0 Å². The molecule has 1 rings (SSSR count). The Morgan fingerprint density at radius 3 is 0.897 bits per heavy atom. The molecule has 232 valence electrons. The maximum Gasteiger partial charge on any atom is 0.101 e. The van der Waals surface area contributed by atoms with Gasteiger partial charge in [0, 0.05) is 25.5 Å². The van der Waals surface area contributed by atoms with Gasteiger partial charge in [-0.25, -0.2) is 0 Å². The molecule has 1 unspecified atom stereocenters. The van der Waals surface area contributed by atoms with Gasteiger partial charge in [-0.3, -0.25) is 0 Å². The van der Waals surface area contributed by atoms with Gasteiger partial charge in [0.15, 0.2) is 0 Å². The van der Waals surface area contributed by atoms with Gasteiger partial charge in [0.25, 0.3) is 0 Å². The minimum atomic E-state index is 0.641. The van der Waals surface area contributed by atoms with E-state index in [9.17, 15) is 0 Å². The van der Waals surface area contributed by atoms with Gasteiger partial charge in [-0.05, 0) is 25.7 Å². The Labute approximate surface area is 248 Å². The van der Waals surface area contributed by atoms with Gasteiger partial charge >= 0.3 is 0 Å². The molecule has 0 aliphatic carbocycles. The normalized spacial score (nSPS) is 15.2. The molecule has 0 amide bonds. The lowest BCUT2D eigenvalue weighted by Crippen LogP contribution is -2.39. The van der Waals surface area contributed by atoms with Crippen LogP contribution in [0.1, 0.15) is 207 Å². The molecule has 0 saturated carbocycles. The van der Waals surface area contributed by atoms with Crippen molar-refractivity contribution >= 4 is 0 Å². The number of hydrogen-bond donors (Lipinski definition) is 0. The van der Waals surface area contributed by atoms with Crippen LogP contribution in [0.4, 0.5) is 0 Å². The summed E-state index contributed by atoms with van der Waals surface area (Å²) in [6.45, 7) is 9.47. The molecule has 0 fully saturated rings. The second-order valence-electron chi connectivity index (χ2n) is 12.9. The maximum absolute atomic E-state index is 2.71. The van der Waals surface area contributed by atoms with Crippen molar-refractivity contribution in [1.82, 2.24) is 9.80 Å². The Morgan fingerprint density at radius 2 is 0.590 bits per heavy atom. The van der Waals surface area contributed by atoms with Crippen molar-refractivity contribution in [2.75, 3.05) is 13.1 Å². The zero-order chi connectivity index (χ0) is 28.1. The first-order valence-corrected chi connectivity index (χ1v) is 18.5. The van der Waals surface area contributed by atoms with Crippen LogP contribution >= 0.6 is 0 Å². The first-order chi connectivity index (χ1) is 19.3. The first-order valence-electron chi connectivity index (χ1n) is 18.5. The van der Waals surface area contributed by atoms with Crippen molar-refractivity contribution in [1.29, 1.82) is 0 Å². The van der Waals surface area contributed by atoms with Gasteiger partial charge in [0.1, 0.15) is 6.17 Å². The molecule has 1 heterocycles. The highest BCUT2D eigenvalue weighted by Crippen LogP contribution is 2.24. The maximum atomic E-state index is 2.71. The predicted molar refractivity (Wildman–Crippen MR) is 177 cm³/mol. The second-order valence-corrected chi connectivity index (χ2v) is 12.9. The van der Waals surface area contributed by atoms with Crippen LogP contribution in [0.25, 0.3) is 0 Å². The Hall–Kier alpha value is -0.660. The van der Waals surface area contributed by atoms with Crippen molar-refractivity contribution in [2.45, 2.75) is 213 Å². The van der Waals surface area contributed by atoms with Crippen molar-refractivity contribution in [2.24, 2.45) is 0 Å². The van der Waals surface area contributed by atoms with E-state index in [1.807, 2.05) is 0 Å². The Bertz CT molecular complexity index is 502. The topological polar surface area (TPSA) is 6.48 Å². The molecular weight excluding hydrogens is 472 g/mol. The van der Waals surface area contributed by atoms with Crippen LogP contribution in [0.2, 0.25) is 0 Å². The highest BCUT2D eigenvalue weighted by Gasteiger charge is 2.24. The van der Waals surface area contributed by atoms with Crippen molar-refractivity contribution in [3.8, 4) is 0 Å². The third-order valence-electron chi connectivity index (χ3n) is 9.07. The van der Waals surface area contributed by atoms with Crippen LogP contribution in [-0.4, -0.2) is 29.1 Å². The number of hydrogen-bond acceptors (Lipinski definition) is 2. The zero-order valence-corrected chi connectivity index (χ0v) is 27.5. The molecule has 0 bridgehead atoms. The molecule has 1 atom stereocenters. The summed E-state index contributed by atoms with van der Waals surface area (Å²) < 4.78 is 0. The fourth-order valence-electron chi connectivity index (χ4n) is 6.36. The summed E-state index contributed by atoms with van der Waals surface area (Å²) in [6, 6.07) is 0. The standard InChI is InChI=1S/C37H74N2/c1-4-7-10-13-15-17-19-20-21-22-24-26-29-32-37-38(33-30-27-12-9-6-3)35-36-39(37)34-31-28-25-23-18-16-14-11-8-5-2/h35-37H,4-34H2,1-3H3. The van der Waals surface area contributed by atoms with Gasteiger partial charge in [-0.1, -0.05) is 181 Å². The third kappa shape index (κ3) is 21.7. The van der Waals surface area contributed by atoms with E-state index in [-0.39, 0.29) is 0 Å². The fourth-order valence-corrected chi connectivity index (χ4v) is 6.36. The quantitative estimate of drug-likeness (QED) is 0.0798. The largest absolute Gasteiger partial charge is 0.356 e. The second kappa shape index (κ2) is 28.9. The van der Waals surface area contributed by atoms with Crippen molar-refractivity contribution in [3.63, 3.8) is 0 Å². The summed E-state index contributed by atoms with van der Waals surface area (Å²) in [6.07, 6.45) is 47.0. The van der Waals surface area contributed by atoms with Gasteiger partial charge in [-0.15, -0.1) is 0 Å². The molecule has 2 nitrogen and oxygen atoms in total. The molecule has 0 aromatic rings. The van der Waals surface area contributed by atoms with Gasteiger partial charge in [-0.2, -0.15) is 0 Å². The minimum Gasteiger partial charge on any atom is -0.356 e. The highest BCUT2D eigenvalue weighted by molar-refractivity contribution is 4.97. The van der Waals surface area contributed by atoms with Crippen LogP contribution in [-0.2, 0) is 0 Å². The first kappa shape index (κ1) is 36.4. The molecule has 0 aromatic heterocycles. The zero-order valence-electron chi connectivity index (χ0n) is 27.5. The highest BCUT2D eigenvalue weighted by atomic mass is 15.4. The lowest BCUT2D eigenvalue weighted by atomic mass is 10.0. The summed E-state index contributed by atoms with van der Waals surface area (Å²) in [5.41, 5.74) is 0. The SMILES string of the molecule is CCCCCCCCCCCCCCCC1N(CCCCCCC)C=CN1CCCCCCCCCCCC. The molecule has 0 N–H and O–H groups in total. The number of rotatable bonds is 31. The molecular formula is C37H74N2.